The second kappa shape index (κ2) is 10.2. The molecule has 0 N–H and O–H groups in total. The van der Waals surface area contributed by atoms with Crippen LogP contribution in [-0.2, 0) is 0 Å². The molecule has 0 unspecified atom stereocenters. The van der Waals surface area contributed by atoms with E-state index in [0.717, 1.165) is 5.92 Å². The molecule has 0 aromatic heterocycles. The number of alkyl halides is 1. The van der Waals surface area contributed by atoms with E-state index in [2.05, 4.69) is 41.6 Å². The predicted octanol–water partition coefficient (Wildman–Crippen LogP) is 5.87. The molecule has 20 heavy (non-hydrogen) atoms. The van der Waals surface area contributed by atoms with Crippen LogP contribution in [0.1, 0.15) is 78.6 Å². The molecule has 120 valence electrons. The van der Waals surface area contributed by atoms with Crippen molar-refractivity contribution in [1.82, 2.24) is 4.90 Å². The third kappa shape index (κ3) is 8.02. The lowest BCUT2D eigenvalue weighted by atomic mass is 9.75. The van der Waals surface area contributed by atoms with Gasteiger partial charge in [0.25, 0.3) is 0 Å². The molecule has 1 nitrogen and oxygen atoms in total. The predicted molar refractivity (Wildman–Crippen MR) is 94.7 cm³/mol. The number of rotatable bonds is 9. The van der Waals surface area contributed by atoms with Crippen LogP contribution < -0.4 is 0 Å². The first kappa shape index (κ1) is 18.5. The fraction of sp³-hybridized carbons (Fsp3) is 1.00. The van der Waals surface area contributed by atoms with Crippen LogP contribution in [-0.4, -0.2) is 29.9 Å². The van der Waals surface area contributed by atoms with Gasteiger partial charge >= 0.3 is 0 Å². The molecule has 2 heteroatoms. The summed E-state index contributed by atoms with van der Waals surface area (Å²) in [4.78, 5) is 2.70. The Morgan fingerprint density at radius 1 is 0.850 bits per heavy atom. The van der Waals surface area contributed by atoms with Crippen molar-refractivity contribution < 1.29 is 0 Å². The lowest BCUT2D eigenvalue weighted by molar-refractivity contribution is 0.111. The largest absolute Gasteiger partial charge is 0.303 e. The van der Waals surface area contributed by atoms with E-state index in [9.17, 15) is 0 Å². The van der Waals surface area contributed by atoms with Gasteiger partial charge in [0.2, 0.25) is 0 Å². The van der Waals surface area contributed by atoms with Crippen molar-refractivity contribution >= 4 is 15.9 Å². The molecule has 0 spiro atoms. The molecule has 0 amide bonds. The maximum atomic E-state index is 3.50. The molecule has 1 fully saturated rings. The van der Waals surface area contributed by atoms with Crippen LogP contribution in [0.15, 0.2) is 0 Å². The number of halogens is 1. The van der Waals surface area contributed by atoms with Gasteiger partial charge < -0.3 is 4.90 Å². The van der Waals surface area contributed by atoms with Crippen molar-refractivity contribution in [2.24, 2.45) is 11.3 Å². The summed E-state index contributed by atoms with van der Waals surface area (Å²) in [6, 6.07) is 0. The van der Waals surface area contributed by atoms with Crippen LogP contribution in [0, 0.1) is 11.3 Å². The average Bonchev–Trinajstić information content (AvgIpc) is 2.41. The molecule has 1 aliphatic heterocycles. The number of likely N-dealkylation sites (tertiary alicyclic amines) is 1. The van der Waals surface area contributed by atoms with Gasteiger partial charge in [-0.25, -0.2) is 0 Å². The highest BCUT2D eigenvalue weighted by Crippen LogP contribution is 2.34. The SMILES string of the molecule is CC(C)(C)C1CCN(CCCCCCCCCBr)CC1. The Morgan fingerprint density at radius 2 is 1.35 bits per heavy atom. The van der Waals surface area contributed by atoms with Crippen molar-refractivity contribution in [2.75, 3.05) is 25.0 Å². The number of hydrogen-bond acceptors (Lipinski definition) is 1. The summed E-state index contributed by atoms with van der Waals surface area (Å²) in [6.07, 6.45) is 12.8. The smallest absolute Gasteiger partial charge is 0.00313 e. The zero-order valence-electron chi connectivity index (χ0n) is 14.1. The second-order valence-electron chi connectivity index (χ2n) is 7.65. The van der Waals surface area contributed by atoms with Crippen molar-refractivity contribution in [1.29, 1.82) is 0 Å². The zero-order valence-corrected chi connectivity index (χ0v) is 15.7. The highest BCUT2D eigenvalue weighted by molar-refractivity contribution is 9.09. The van der Waals surface area contributed by atoms with E-state index in [0.29, 0.717) is 5.41 Å². The molecular formula is C18H36BrN. The number of piperidine rings is 1. The maximum absolute atomic E-state index is 3.50. The van der Waals surface area contributed by atoms with Gasteiger partial charge in [0.15, 0.2) is 0 Å². The summed E-state index contributed by atoms with van der Waals surface area (Å²) < 4.78 is 0. The van der Waals surface area contributed by atoms with Gasteiger partial charge in [-0.05, 0) is 56.7 Å². The quantitative estimate of drug-likeness (QED) is 0.373. The fourth-order valence-corrected chi connectivity index (χ4v) is 3.73. The minimum atomic E-state index is 0.515. The van der Waals surface area contributed by atoms with E-state index in [1.807, 2.05) is 0 Å². The van der Waals surface area contributed by atoms with E-state index in [1.54, 1.807) is 0 Å². The van der Waals surface area contributed by atoms with Gasteiger partial charge in [0, 0.05) is 5.33 Å². The van der Waals surface area contributed by atoms with Gasteiger partial charge in [-0.2, -0.15) is 0 Å². The second-order valence-corrected chi connectivity index (χ2v) is 8.44. The van der Waals surface area contributed by atoms with E-state index in [1.165, 1.54) is 82.8 Å². The number of hydrogen-bond donors (Lipinski definition) is 0. The van der Waals surface area contributed by atoms with Crippen molar-refractivity contribution in [3.63, 3.8) is 0 Å². The summed E-state index contributed by atoms with van der Waals surface area (Å²) >= 11 is 3.50. The Morgan fingerprint density at radius 3 is 1.85 bits per heavy atom. The molecule has 1 saturated heterocycles. The molecule has 1 rings (SSSR count). The number of unbranched alkanes of at least 4 members (excludes halogenated alkanes) is 6. The van der Waals surface area contributed by atoms with Gasteiger partial charge in [0.1, 0.15) is 0 Å². The normalized spacial score (nSPS) is 18.6. The van der Waals surface area contributed by atoms with E-state index in [-0.39, 0.29) is 0 Å². The van der Waals surface area contributed by atoms with Gasteiger partial charge in [0.05, 0.1) is 0 Å². The third-order valence-electron chi connectivity index (χ3n) is 4.92. The highest BCUT2D eigenvalue weighted by atomic mass is 79.9. The Labute approximate surface area is 136 Å². The van der Waals surface area contributed by atoms with E-state index < -0.39 is 0 Å². The lowest BCUT2D eigenvalue weighted by Crippen LogP contribution is -2.38. The number of nitrogens with zero attached hydrogens (tertiary/aromatic N) is 1. The van der Waals surface area contributed by atoms with Crippen LogP contribution in [0.2, 0.25) is 0 Å². The van der Waals surface area contributed by atoms with Crippen molar-refractivity contribution in [2.45, 2.75) is 78.6 Å². The summed E-state index contributed by atoms with van der Waals surface area (Å²) in [5, 5.41) is 1.18. The van der Waals surface area contributed by atoms with Gasteiger partial charge in [-0.15, -0.1) is 0 Å². The average molecular weight is 346 g/mol. The molecule has 1 heterocycles. The van der Waals surface area contributed by atoms with Crippen molar-refractivity contribution in [3.05, 3.63) is 0 Å². The third-order valence-corrected chi connectivity index (χ3v) is 5.48. The maximum Gasteiger partial charge on any atom is 0.00313 e. The summed E-state index contributed by atoms with van der Waals surface area (Å²) in [6.45, 7) is 11.2. The molecule has 0 atom stereocenters. The molecule has 1 aliphatic rings. The van der Waals surface area contributed by atoms with Gasteiger partial charge in [-0.3, -0.25) is 0 Å². The Kier molecular flexibility index (Phi) is 9.44. The van der Waals surface area contributed by atoms with Crippen LogP contribution in [0.3, 0.4) is 0 Å². The van der Waals surface area contributed by atoms with Crippen LogP contribution in [0.25, 0.3) is 0 Å². The first-order valence-corrected chi connectivity index (χ1v) is 9.94. The van der Waals surface area contributed by atoms with Crippen LogP contribution >= 0.6 is 15.9 Å². The van der Waals surface area contributed by atoms with Crippen LogP contribution in [0.4, 0.5) is 0 Å². The van der Waals surface area contributed by atoms with Crippen molar-refractivity contribution in [3.8, 4) is 0 Å². The Hall–Kier alpha value is 0.440. The zero-order chi connectivity index (χ0) is 14.8. The van der Waals surface area contributed by atoms with E-state index in [4.69, 9.17) is 0 Å². The minimum Gasteiger partial charge on any atom is -0.303 e. The molecule has 0 aromatic rings. The molecule has 0 bridgehead atoms. The molecule has 0 aromatic carbocycles. The summed E-state index contributed by atoms with van der Waals surface area (Å²) in [5.41, 5.74) is 0.515. The Balaban J connectivity index is 1.94. The topological polar surface area (TPSA) is 3.24 Å². The molecule has 0 radical (unpaired) electrons. The monoisotopic (exact) mass is 345 g/mol. The fourth-order valence-electron chi connectivity index (χ4n) is 3.34. The highest BCUT2D eigenvalue weighted by Gasteiger charge is 2.28. The Bertz CT molecular complexity index is 226. The van der Waals surface area contributed by atoms with Crippen LogP contribution in [0.5, 0.6) is 0 Å². The standard InChI is InChI=1S/C18H36BrN/c1-18(2,3)17-11-15-20(16-12-17)14-10-8-6-4-5-7-9-13-19/h17H,4-16H2,1-3H3. The lowest BCUT2D eigenvalue weighted by Gasteiger charge is -2.38. The molecule has 0 saturated carbocycles. The van der Waals surface area contributed by atoms with E-state index >= 15 is 0 Å². The first-order chi connectivity index (χ1) is 9.54. The molecular weight excluding hydrogens is 310 g/mol. The minimum absolute atomic E-state index is 0.515. The molecule has 0 aliphatic carbocycles. The summed E-state index contributed by atoms with van der Waals surface area (Å²) in [5.74, 6) is 0.938. The summed E-state index contributed by atoms with van der Waals surface area (Å²) in [7, 11) is 0. The first-order valence-electron chi connectivity index (χ1n) is 8.82. The van der Waals surface area contributed by atoms with Gasteiger partial charge in [-0.1, -0.05) is 68.8 Å².